The average molecular weight is 313 g/mol. The van der Waals surface area contributed by atoms with Crippen LogP contribution in [0.25, 0.3) is 0 Å². The molecule has 21 heavy (non-hydrogen) atoms. The predicted molar refractivity (Wildman–Crippen MR) is 99.3 cm³/mol. The summed E-state index contributed by atoms with van der Waals surface area (Å²) >= 11 is 0. The molecule has 2 heteroatoms. The second kappa shape index (κ2) is 10.5. The molecule has 1 nitrogen and oxygen atoms in total. The molecule has 0 aromatic heterocycles. The molecular weight excluding hydrogens is 272 g/mol. The van der Waals surface area contributed by atoms with Crippen LogP contribution in [0.3, 0.4) is 0 Å². The normalized spacial score (nSPS) is 13.6. The largest absolute Gasteiger partial charge is 0.547 e. The summed E-state index contributed by atoms with van der Waals surface area (Å²) in [7, 11) is -1.67. The van der Waals surface area contributed by atoms with Crippen molar-refractivity contribution in [2.24, 2.45) is 0 Å². The number of hydrogen-bond donors (Lipinski definition) is 0. The van der Waals surface area contributed by atoms with Crippen molar-refractivity contribution in [1.29, 1.82) is 0 Å². The van der Waals surface area contributed by atoms with Gasteiger partial charge in [0.2, 0.25) is 8.32 Å². The van der Waals surface area contributed by atoms with Gasteiger partial charge in [0.05, 0.1) is 5.76 Å². The summed E-state index contributed by atoms with van der Waals surface area (Å²) in [6.45, 7) is 16.2. The predicted octanol–water partition coefficient (Wildman–Crippen LogP) is 7.44. The molecule has 0 saturated carbocycles. The molecule has 0 heterocycles. The van der Waals surface area contributed by atoms with Crippen molar-refractivity contribution < 1.29 is 4.43 Å². The first-order chi connectivity index (χ1) is 9.74. The van der Waals surface area contributed by atoms with Gasteiger partial charge in [-0.25, -0.2) is 0 Å². The van der Waals surface area contributed by atoms with Gasteiger partial charge in [0.1, 0.15) is 0 Å². The van der Waals surface area contributed by atoms with Crippen LogP contribution in [-0.4, -0.2) is 8.32 Å². The molecule has 0 aliphatic carbocycles. The summed E-state index contributed by atoms with van der Waals surface area (Å²) < 4.78 is 6.56. The van der Waals surface area contributed by atoms with Gasteiger partial charge in [0.15, 0.2) is 0 Å². The summed E-state index contributed by atoms with van der Waals surface area (Å²) in [6.07, 6.45) is 13.9. The van der Waals surface area contributed by atoms with Crippen molar-refractivity contribution in [3.8, 4) is 0 Å². The lowest BCUT2D eigenvalue weighted by atomic mass is 10.1. The summed E-state index contributed by atoms with van der Waals surface area (Å²) in [4.78, 5) is 0. The number of unbranched alkanes of at least 4 members (excludes halogenated alkanes) is 6. The van der Waals surface area contributed by atoms with Crippen molar-refractivity contribution in [2.45, 2.75) is 111 Å². The zero-order valence-corrected chi connectivity index (χ0v) is 16.8. The zero-order valence-electron chi connectivity index (χ0n) is 15.8. The van der Waals surface area contributed by atoms with E-state index in [2.05, 4.69) is 53.8 Å². The van der Waals surface area contributed by atoms with Crippen LogP contribution in [0.5, 0.6) is 0 Å². The van der Waals surface area contributed by atoms with Crippen LogP contribution in [0.1, 0.15) is 92.4 Å². The van der Waals surface area contributed by atoms with Crippen LogP contribution in [0, 0.1) is 0 Å². The Hall–Kier alpha value is -0.243. The highest BCUT2D eigenvalue weighted by Crippen LogP contribution is 2.38. The van der Waals surface area contributed by atoms with Crippen LogP contribution in [0.2, 0.25) is 18.1 Å². The molecule has 0 aliphatic rings. The van der Waals surface area contributed by atoms with E-state index >= 15 is 0 Å². The molecule has 0 saturated heterocycles. The highest BCUT2D eigenvalue weighted by molar-refractivity contribution is 6.74. The average Bonchev–Trinajstić information content (AvgIpc) is 2.37. The van der Waals surface area contributed by atoms with Crippen molar-refractivity contribution >= 4 is 8.32 Å². The van der Waals surface area contributed by atoms with Gasteiger partial charge in [-0.05, 0) is 43.5 Å². The van der Waals surface area contributed by atoms with E-state index in [9.17, 15) is 0 Å². The fraction of sp³-hybridized carbons (Fsp3) is 0.895. The van der Waals surface area contributed by atoms with E-state index in [0.29, 0.717) is 5.04 Å². The second-order valence-electron chi connectivity index (χ2n) is 7.84. The zero-order chi connectivity index (χ0) is 16.4. The van der Waals surface area contributed by atoms with E-state index < -0.39 is 8.32 Å². The topological polar surface area (TPSA) is 9.23 Å². The summed E-state index contributed by atoms with van der Waals surface area (Å²) in [6, 6.07) is 0. The summed E-state index contributed by atoms with van der Waals surface area (Å²) in [5, 5.41) is 0.291. The monoisotopic (exact) mass is 312 g/mol. The molecule has 0 amide bonds. The molecule has 0 bridgehead atoms. The fourth-order valence-electron chi connectivity index (χ4n) is 2.06. The minimum Gasteiger partial charge on any atom is -0.547 e. The number of hydrogen-bond acceptors (Lipinski definition) is 1. The Balaban J connectivity index is 4.56. The number of rotatable bonds is 11. The van der Waals surface area contributed by atoms with Crippen LogP contribution >= 0.6 is 0 Å². The molecule has 0 fully saturated rings. The first-order valence-corrected chi connectivity index (χ1v) is 12.0. The minimum atomic E-state index is -1.67. The van der Waals surface area contributed by atoms with Gasteiger partial charge in [-0.1, -0.05) is 66.7 Å². The maximum atomic E-state index is 6.56. The molecular formula is C19H40OSi. The van der Waals surface area contributed by atoms with Crippen LogP contribution < -0.4 is 0 Å². The van der Waals surface area contributed by atoms with E-state index in [-0.39, 0.29) is 0 Å². The van der Waals surface area contributed by atoms with Gasteiger partial charge in [-0.3, -0.25) is 0 Å². The Morgan fingerprint density at radius 2 is 1.48 bits per heavy atom. The first-order valence-electron chi connectivity index (χ1n) is 9.12. The lowest BCUT2D eigenvalue weighted by molar-refractivity contribution is 0.358. The molecule has 0 unspecified atom stereocenters. The smallest absolute Gasteiger partial charge is 0.250 e. The Morgan fingerprint density at radius 1 is 0.905 bits per heavy atom. The van der Waals surface area contributed by atoms with E-state index in [1.165, 1.54) is 57.1 Å². The third-order valence-electron chi connectivity index (χ3n) is 4.65. The first kappa shape index (κ1) is 20.8. The minimum absolute atomic E-state index is 0.291. The standard InChI is InChI=1S/C19H40OSi/c1-8-10-12-14-16-18(17-15-13-11-9-2)20-21(6,7)19(3,4)5/h16H,8-15,17H2,1-7H3/b18-16-. The van der Waals surface area contributed by atoms with E-state index in [0.717, 1.165) is 6.42 Å². The molecule has 0 atom stereocenters. The van der Waals surface area contributed by atoms with Gasteiger partial charge in [0.25, 0.3) is 0 Å². The summed E-state index contributed by atoms with van der Waals surface area (Å²) in [5.41, 5.74) is 0. The van der Waals surface area contributed by atoms with Gasteiger partial charge in [-0.2, -0.15) is 0 Å². The van der Waals surface area contributed by atoms with Crippen LogP contribution in [0.4, 0.5) is 0 Å². The van der Waals surface area contributed by atoms with Gasteiger partial charge in [0, 0.05) is 6.42 Å². The molecule has 0 aromatic rings. The van der Waals surface area contributed by atoms with Gasteiger partial charge < -0.3 is 4.43 Å². The molecule has 0 rings (SSSR count). The van der Waals surface area contributed by atoms with Crippen molar-refractivity contribution in [3.05, 3.63) is 11.8 Å². The van der Waals surface area contributed by atoms with Crippen molar-refractivity contribution in [2.75, 3.05) is 0 Å². The maximum Gasteiger partial charge on any atom is 0.250 e. The Bertz CT molecular complexity index is 286. The maximum absolute atomic E-state index is 6.56. The fourth-order valence-corrected chi connectivity index (χ4v) is 3.21. The molecule has 0 N–H and O–H groups in total. The lowest BCUT2D eigenvalue weighted by Crippen LogP contribution is -2.40. The van der Waals surface area contributed by atoms with Crippen LogP contribution in [-0.2, 0) is 4.43 Å². The summed E-state index contributed by atoms with van der Waals surface area (Å²) in [5.74, 6) is 1.29. The van der Waals surface area contributed by atoms with E-state index in [4.69, 9.17) is 4.43 Å². The molecule has 126 valence electrons. The van der Waals surface area contributed by atoms with E-state index in [1.807, 2.05) is 0 Å². The quantitative estimate of drug-likeness (QED) is 0.219. The van der Waals surface area contributed by atoms with Crippen LogP contribution in [0.15, 0.2) is 11.8 Å². The Kier molecular flexibility index (Phi) is 10.4. The Morgan fingerprint density at radius 3 is 2.00 bits per heavy atom. The van der Waals surface area contributed by atoms with E-state index in [1.54, 1.807) is 0 Å². The highest BCUT2D eigenvalue weighted by Gasteiger charge is 2.39. The highest BCUT2D eigenvalue weighted by atomic mass is 28.4. The van der Waals surface area contributed by atoms with Crippen molar-refractivity contribution in [3.63, 3.8) is 0 Å². The third-order valence-corrected chi connectivity index (χ3v) is 9.03. The molecule has 0 radical (unpaired) electrons. The lowest BCUT2D eigenvalue weighted by Gasteiger charge is -2.37. The second-order valence-corrected chi connectivity index (χ2v) is 12.6. The third kappa shape index (κ3) is 9.39. The molecule has 0 aliphatic heterocycles. The Labute approximate surface area is 135 Å². The number of allylic oxidation sites excluding steroid dienone is 2. The van der Waals surface area contributed by atoms with Gasteiger partial charge in [-0.15, -0.1) is 0 Å². The van der Waals surface area contributed by atoms with Crippen molar-refractivity contribution in [1.82, 2.24) is 0 Å². The molecule has 0 spiro atoms. The SMILES string of the molecule is CCCCC/C=C(/CCCCCC)O[Si](C)(C)C(C)(C)C. The molecule has 0 aromatic carbocycles. The van der Waals surface area contributed by atoms with Gasteiger partial charge >= 0.3 is 0 Å².